The second-order valence-electron chi connectivity index (χ2n) is 6.38. The van der Waals surface area contributed by atoms with E-state index in [0.717, 1.165) is 30.5 Å². The molecule has 6 heteroatoms. The van der Waals surface area contributed by atoms with E-state index >= 15 is 0 Å². The van der Waals surface area contributed by atoms with Crippen LogP contribution in [0.2, 0.25) is 5.02 Å². The van der Waals surface area contributed by atoms with Crippen LogP contribution in [0, 0.1) is 17.6 Å². The van der Waals surface area contributed by atoms with Gasteiger partial charge in [-0.25, -0.2) is 13.6 Å². The highest BCUT2D eigenvalue weighted by Gasteiger charge is 2.33. The Bertz CT molecular complexity index is 763. The maximum Gasteiger partial charge on any atom is 0.315 e. The maximum absolute atomic E-state index is 13.3. The number of benzene rings is 2. The molecule has 2 atom stereocenters. The number of nitrogens with one attached hydrogen (secondary N) is 2. The summed E-state index contributed by atoms with van der Waals surface area (Å²) in [7, 11) is 0. The largest absolute Gasteiger partial charge is 0.332 e. The van der Waals surface area contributed by atoms with E-state index in [0.29, 0.717) is 16.5 Å². The Morgan fingerprint density at radius 1 is 1.04 bits per heavy atom. The number of carbonyl (C=O) groups excluding carboxylic acids is 1. The molecule has 0 saturated heterocycles. The monoisotopic (exact) mass is 364 g/mol. The molecule has 0 aromatic heterocycles. The number of rotatable bonds is 5. The number of hydrogen-bond acceptors (Lipinski definition) is 1. The van der Waals surface area contributed by atoms with E-state index in [1.54, 1.807) is 19.1 Å². The van der Waals surface area contributed by atoms with Crippen molar-refractivity contribution >= 4 is 17.6 Å². The number of urea groups is 1. The number of amides is 2. The molecule has 0 radical (unpaired) electrons. The fraction of sp³-hybridized carbons (Fsp3) is 0.316. The summed E-state index contributed by atoms with van der Waals surface area (Å²) < 4.78 is 26.4. The van der Waals surface area contributed by atoms with E-state index < -0.39 is 17.7 Å². The lowest BCUT2D eigenvalue weighted by atomic mass is 10.0. The van der Waals surface area contributed by atoms with Crippen molar-refractivity contribution in [1.82, 2.24) is 10.6 Å². The molecule has 2 amide bonds. The Labute approximate surface area is 150 Å². The minimum atomic E-state index is -0.927. The molecule has 1 saturated carbocycles. The molecule has 0 spiro atoms. The van der Waals surface area contributed by atoms with Crippen LogP contribution in [-0.4, -0.2) is 6.03 Å². The minimum Gasteiger partial charge on any atom is -0.332 e. The Morgan fingerprint density at radius 2 is 1.68 bits per heavy atom. The fourth-order valence-corrected chi connectivity index (χ4v) is 2.94. The predicted octanol–water partition coefficient (Wildman–Crippen LogP) is 5.13. The fourth-order valence-electron chi connectivity index (χ4n) is 2.82. The highest BCUT2D eigenvalue weighted by atomic mass is 35.5. The SMILES string of the molecule is CC(NC(=O)NC(c1ccc(Cl)cc1)C1CC1)c1ccc(F)c(F)c1. The molecule has 2 N–H and O–H groups in total. The average Bonchev–Trinajstić information content (AvgIpc) is 3.41. The lowest BCUT2D eigenvalue weighted by Gasteiger charge is -2.21. The van der Waals surface area contributed by atoms with Gasteiger partial charge in [0.1, 0.15) is 0 Å². The first-order chi connectivity index (χ1) is 11.9. The summed E-state index contributed by atoms with van der Waals surface area (Å²) in [5.74, 6) is -1.42. The first-order valence-electron chi connectivity index (χ1n) is 8.21. The third-order valence-electron chi connectivity index (χ3n) is 4.40. The summed E-state index contributed by atoms with van der Waals surface area (Å²) in [6.45, 7) is 1.72. The molecule has 132 valence electrons. The molecular formula is C19H19ClF2N2O. The van der Waals surface area contributed by atoms with Crippen molar-refractivity contribution in [2.24, 2.45) is 5.92 Å². The molecule has 0 aliphatic heterocycles. The lowest BCUT2D eigenvalue weighted by molar-refractivity contribution is 0.232. The van der Waals surface area contributed by atoms with Gasteiger partial charge in [-0.15, -0.1) is 0 Å². The molecule has 2 aromatic carbocycles. The van der Waals surface area contributed by atoms with E-state index in [4.69, 9.17) is 11.6 Å². The molecule has 0 bridgehead atoms. The highest BCUT2D eigenvalue weighted by Crippen LogP contribution is 2.41. The van der Waals surface area contributed by atoms with Gasteiger partial charge < -0.3 is 10.6 Å². The number of hydrogen-bond donors (Lipinski definition) is 2. The topological polar surface area (TPSA) is 41.1 Å². The Hall–Kier alpha value is -2.14. The van der Waals surface area contributed by atoms with Crippen LogP contribution in [0.25, 0.3) is 0 Å². The molecule has 1 fully saturated rings. The molecular weight excluding hydrogens is 346 g/mol. The van der Waals surface area contributed by atoms with Crippen LogP contribution in [0.1, 0.15) is 43.0 Å². The first kappa shape index (κ1) is 17.7. The second-order valence-corrected chi connectivity index (χ2v) is 6.82. The van der Waals surface area contributed by atoms with Crippen LogP contribution in [-0.2, 0) is 0 Å². The van der Waals surface area contributed by atoms with E-state index in [2.05, 4.69) is 10.6 Å². The maximum atomic E-state index is 13.3. The van der Waals surface area contributed by atoms with Gasteiger partial charge in [0, 0.05) is 5.02 Å². The molecule has 2 unspecified atom stereocenters. The average molecular weight is 365 g/mol. The van der Waals surface area contributed by atoms with Crippen molar-refractivity contribution in [1.29, 1.82) is 0 Å². The summed E-state index contributed by atoms with van der Waals surface area (Å²) in [6.07, 6.45) is 2.12. The molecule has 1 aliphatic rings. The smallest absolute Gasteiger partial charge is 0.315 e. The van der Waals surface area contributed by atoms with Gasteiger partial charge in [-0.2, -0.15) is 0 Å². The van der Waals surface area contributed by atoms with Crippen molar-refractivity contribution in [3.05, 3.63) is 70.2 Å². The molecule has 0 heterocycles. The van der Waals surface area contributed by atoms with Crippen molar-refractivity contribution in [2.45, 2.75) is 31.8 Å². The third-order valence-corrected chi connectivity index (χ3v) is 4.65. The van der Waals surface area contributed by atoms with Crippen LogP contribution in [0.4, 0.5) is 13.6 Å². The zero-order valence-corrected chi connectivity index (χ0v) is 14.5. The highest BCUT2D eigenvalue weighted by molar-refractivity contribution is 6.30. The first-order valence-corrected chi connectivity index (χ1v) is 8.59. The Morgan fingerprint density at radius 3 is 2.28 bits per heavy atom. The molecule has 3 nitrogen and oxygen atoms in total. The Balaban J connectivity index is 1.65. The summed E-state index contributed by atoms with van der Waals surface area (Å²) in [5, 5.41) is 6.40. The molecule has 3 rings (SSSR count). The van der Waals surface area contributed by atoms with Gasteiger partial charge in [-0.3, -0.25) is 0 Å². The lowest BCUT2D eigenvalue weighted by Crippen LogP contribution is -2.40. The standard InChI is InChI=1S/C19H19ClF2N2O/c1-11(14-6-9-16(21)17(22)10-14)23-19(25)24-18(12-2-3-12)13-4-7-15(20)8-5-13/h4-12,18H,2-3H2,1H3,(H2,23,24,25). The summed E-state index contributed by atoms with van der Waals surface area (Å²) >= 11 is 5.92. The predicted molar refractivity (Wildman–Crippen MR) is 93.4 cm³/mol. The third kappa shape index (κ3) is 4.48. The van der Waals surface area contributed by atoms with Crippen LogP contribution in [0.15, 0.2) is 42.5 Å². The van der Waals surface area contributed by atoms with E-state index in [1.807, 2.05) is 12.1 Å². The number of carbonyl (C=O) groups is 1. The summed E-state index contributed by atoms with van der Waals surface area (Å²) in [5.41, 5.74) is 1.51. The molecule has 25 heavy (non-hydrogen) atoms. The van der Waals surface area contributed by atoms with Crippen LogP contribution >= 0.6 is 11.6 Å². The van der Waals surface area contributed by atoms with Crippen LogP contribution < -0.4 is 10.6 Å². The normalized spacial score (nSPS) is 16.2. The zero-order chi connectivity index (χ0) is 18.0. The van der Waals surface area contributed by atoms with Gasteiger partial charge in [-0.1, -0.05) is 29.8 Å². The van der Waals surface area contributed by atoms with Gasteiger partial charge in [0.15, 0.2) is 11.6 Å². The van der Waals surface area contributed by atoms with Gasteiger partial charge >= 0.3 is 6.03 Å². The zero-order valence-electron chi connectivity index (χ0n) is 13.7. The quantitative estimate of drug-likeness (QED) is 0.758. The Kier molecular flexibility index (Phi) is 5.23. The second kappa shape index (κ2) is 7.40. The van der Waals surface area contributed by atoms with E-state index in [-0.39, 0.29) is 12.1 Å². The van der Waals surface area contributed by atoms with Gasteiger partial charge in [0.05, 0.1) is 12.1 Å². The van der Waals surface area contributed by atoms with Crippen LogP contribution in [0.5, 0.6) is 0 Å². The van der Waals surface area contributed by atoms with E-state index in [9.17, 15) is 13.6 Å². The number of halogens is 3. The van der Waals surface area contributed by atoms with Gasteiger partial charge in [-0.05, 0) is 61.1 Å². The minimum absolute atomic E-state index is 0.0885. The van der Waals surface area contributed by atoms with Gasteiger partial charge in [0.25, 0.3) is 0 Å². The summed E-state index contributed by atoms with van der Waals surface area (Å²) in [6, 6.07) is 10.2. The van der Waals surface area contributed by atoms with Crippen molar-refractivity contribution in [2.75, 3.05) is 0 Å². The van der Waals surface area contributed by atoms with Crippen molar-refractivity contribution in [3.63, 3.8) is 0 Å². The van der Waals surface area contributed by atoms with E-state index in [1.165, 1.54) is 6.07 Å². The summed E-state index contributed by atoms with van der Waals surface area (Å²) in [4.78, 5) is 12.3. The van der Waals surface area contributed by atoms with Crippen molar-refractivity contribution < 1.29 is 13.6 Å². The van der Waals surface area contributed by atoms with Crippen LogP contribution in [0.3, 0.4) is 0 Å². The molecule has 1 aliphatic carbocycles. The van der Waals surface area contributed by atoms with Crippen molar-refractivity contribution in [3.8, 4) is 0 Å². The molecule has 2 aromatic rings. The van der Waals surface area contributed by atoms with Gasteiger partial charge in [0.2, 0.25) is 0 Å².